The number of nitrogens with zero attached hydrogens (tertiary/aromatic N) is 5. The molecule has 25 heavy (non-hydrogen) atoms. The second-order valence-corrected chi connectivity index (χ2v) is 5.24. The molecule has 2 N–H and O–H groups in total. The van der Waals surface area contributed by atoms with Crippen LogP contribution in [-0.4, -0.2) is 27.6 Å². The van der Waals surface area contributed by atoms with Gasteiger partial charge in [-0.05, 0) is 30.3 Å². The molecule has 0 unspecified atom stereocenters. The van der Waals surface area contributed by atoms with Gasteiger partial charge in [-0.2, -0.15) is 5.26 Å². The van der Waals surface area contributed by atoms with Gasteiger partial charge in [0.2, 0.25) is 0 Å². The number of aromatic nitrogens is 3. The quantitative estimate of drug-likeness (QED) is 0.557. The minimum Gasteiger partial charge on any atom is -0.352 e. The number of hydrogen-bond donors (Lipinski definition) is 2. The number of rotatable bonds is 4. The zero-order valence-electron chi connectivity index (χ0n) is 13.6. The molecule has 0 spiro atoms. The molecule has 0 atom stereocenters. The van der Waals surface area contributed by atoms with Crippen LogP contribution in [0.1, 0.15) is 17.0 Å². The molecule has 3 rings (SSSR count). The lowest BCUT2D eigenvalue weighted by Gasteiger charge is -2.12. The second-order valence-electron chi connectivity index (χ2n) is 5.24. The van der Waals surface area contributed by atoms with E-state index in [4.69, 9.17) is 5.26 Å². The molecule has 126 valence electrons. The van der Waals surface area contributed by atoms with Crippen molar-refractivity contribution in [1.29, 1.82) is 5.26 Å². The minimum atomic E-state index is -0.370. The number of halogens is 1. The van der Waals surface area contributed by atoms with Crippen LogP contribution in [0.5, 0.6) is 0 Å². The van der Waals surface area contributed by atoms with E-state index in [2.05, 4.69) is 25.8 Å². The van der Waals surface area contributed by atoms with E-state index < -0.39 is 0 Å². The van der Waals surface area contributed by atoms with Crippen LogP contribution in [0, 0.1) is 17.1 Å². The molecular formula is C17H16FN7. The van der Waals surface area contributed by atoms with Crippen LogP contribution >= 0.6 is 0 Å². The Balaban J connectivity index is 1.63. The van der Waals surface area contributed by atoms with E-state index in [0.717, 1.165) is 11.5 Å². The lowest BCUT2D eigenvalue weighted by atomic mass is 10.1. The van der Waals surface area contributed by atoms with Gasteiger partial charge in [0.15, 0.2) is 17.4 Å². The second kappa shape index (κ2) is 7.40. The minimum absolute atomic E-state index is 0.210. The Morgan fingerprint density at radius 1 is 1.24 bits per heavy atom. The fourth-order valence-corrected chi connectivity index (χ4v) is 2.35. The zero-order chi connectivity index (χ0) is 17.6. The van der Waals surface area contributed by atoms with E-state index in [9.17, 15) is 4.39 Å². The average Bonchev–Trinajstić information content (AvgIpc) is 3.06. The molecule has 0 amide bonds. The van der Waals surface area contributed by atoms with E-state index in [1.54, 1.807) is 7.05 Å². The van der Waals surface area contributed by atoms with Gasteiger partial charge >= 0.3 is 0 Å². The van der Waals surface area contributed by atoms with Crippen molar-refractivity contribution in [2.75, 3.05) is 7.05 Å². The summed E-state index contributed by atoms with van der Waals surface area (Å²) in [6.45, 7) is 0.618. The number of pyridine rings is 1. The Hall–Kier alpha value is -3.47. The summed E-state index contributed by atoms with van der Waals surface area (Å²) in [6.07, 6.45) is 1.88. The largest absolute Gasteiger partial charge is 0.352 e. The molecule has 7 nitrogen and oxygen atoms in total. The summed E-state index contributed by atoms with van der Waals surface area (Å²) in [5.74, 6) is 0.857. The smallest absolute Gasteiger partial charge is 0.191 e. The molecule has 1 aromatic carbocycles. The molecule has 0 saturated heterocycles. The molecule has 2 heterocycles. The van der Waals surface area contributed by atoms with Crippen molar-refractivity contribution >= 4 is 11.6 Å². The summed E-state index contributed by atoms with van der Waals surface area (Å²) in [5, 5.41) is 23.2. The van der Waals surface area contributed by atoms with E-state index in [1.165, 1.54) is 18.2 Å². The topological polar surface area (TPSA) is 90.4 Å². The normalized spacial score (nSPS) is 11.3. The van der Waals surface area contributed by atoms with Gasteiger partial charge in [-0.25, -0.2) is 4.39 Å². The molecule has 3 aromatic rings. The first-order chi connectivity index (χ1) is 12.2. The third-order valence-corrected chi connectivity index (χ3v) is 3.64. The van der Waals surface area contributed by atoms with Gasteiger partial charge < -0.3 is 10.6 Å². The van der Waals surface area contributed by atoms with Crippen molar-refractivity contribution in [3.63, 3.8) is 0 Å². The number of nitriles is 1. The van der Waals surface area contributed by atoms with E-state index >= 15 is 0 Å². The third kappa shape index (κ3) is 3.72. The van der Waals surface area contributed by atoms with Crippen LogP contribution in [-0.2, 0) is 13.1 Å². The summed E-state index contributed by atoms with van der Waals surface area (Å²) < 4.78 is 15.7. The van der Waals surface area contributed by atoms with Crippen molar-refractivity contribution in [2.24, 2.45) is 4.99 Å². The Labute approximate surface area is 143 Å². The lowest BCUT2D eigenvalue weighted by molar-refractivity contribution is 0.604. The first-order valence-corrected chi connectivity index (χ1v) is 7.63. The number of guanidine groups is 1. The maximum atomic E-state index is 13.8. The average molecular weight is 337 g/mol. The van der Waals surface area contributed by atoms with Crippen LogP contribution in [0.2, 0.25) is 0 Å². The van der Waals surface area contributed by atoms with Gasteiger partial charge in [0.25, 0.3) is 0 Å². The summed E-state index contributed by atoms with van der Waals surface area (Å²) in [5.41, 5.74) is 1.57. The number of fused-ring (bicyclic) bond motifs is 1. The Morgan fingerprint density at radius 2 is 2.08 bits per heavy atom. The maximum Gasteiger partial charge on any atom is 0.191 e. The van der Waals surface area contributed by atoms with E-state index in [1.807, 2.05) is 34.9 Å². The molecule has 0 radical (unpaired) electrons. The SMILES string of the molecule is CN=C(NCc1cc(C#N)ccc1F)NCc1nnc2ccccn12. The molecule has 0 aliphatic carbocycles. The molecule has 0 aliphatic heterocycles. The molecule has 2 aromatic heterocycles. The summed E-state index contributed by atoms with van der Waals surface area (Å²) in [6, 6.07) is 11.9. The summed E-state index contributed by atoms with van der Waals surface area (Å²) in [7, 11) is 1.62. The molecular weight excluding hydrogens is 321 g/mol. The Morgan fingerprint density at radius 3 is 2.88 bits per heavy atom. The molecule has 0 aliphatic rings. The fraction of sp³-hybridized carbons (Fsp3) is 0.176. The van der Waals surface area contributed by atoms with Crippen molar-refractivity contribution in [3.05, 3.63) is 65.4 Å². The van der Waals surface area contributed by atoms with Crippen molar-refractivity contribution in [2.45, 2.75) is 13.1 Å². The molecule has 0 saturated carbocycles. The monoisotopic (exact) mass is 337 g/mol. The van der Waals surface area contributed by atoms with Crippen LogP contribution in [0.3, 0.4) is 0 Å². The molecule has 8 heteroatoms. The van der Waals surface area contributed by atoms with E-state index in [0.29, 0.717) is 23.6 Å². The molecule has 0 fully saturated rings. The van der Waals surface area contributed by atoms with E-state index in [-0.39, 0.29) is 12.4 Å². The van der Waals surface area contributed by atoms with Crippen LogP contribution in [0.15, 0.2) is 47.6 Å². The van der Waals surface area contributed by atoms with Crippen LogP contribution in [0.4, 0.5) is 4.39 Å². The Bertz CT molecular complexity index is 955. The van der Waals surface area contributed by atoms with Gasteiger partial charge in [0.05, 0.1) is 18.2 Å². The zero-order valence-corrected chi connectivity index (χ0v) is 13.6. The van der Waals surface area contributed by atoms with Gasteiger partial charge in [0.1, 0.15) is 5.82 Å². The summed E-state index contributed by atoms with van der Waals surface area (Å²) >= 11 is 0. The van der Waals surface area contributed by atoms with Gasteiger partial charge in [0, 0.05) is 25.4 Å². The highest BCUT2D eigenvalue weighted by molar-refractivity contribution is 5.79. The first kappa shape index (κ1) is 16.4. The predicted molar refractivity (Wildman–Crippen MR) is 91.1 cm³/mol. The van der Waals surface area contributed by atoms with Crippen molar-refractivity contribution < 1.29 is 4.39 Å². The lowest BCUT2D eigenvalue weighted by Crippen LogP contribution is -2.37. The van der Waals surface area contributed by atoms with Crippen molar-refractivity contribution in [1.82, 2.24) is 25.2 Å². The standard InChI is InChI=1S/C17H16FN7/c1-20-17(21-10-13-8-12(9-19)5-6-14(13)18)22-11-16-24-23-15-4-2-3-7-25(15)16/h2-8H,10-11H2,1H3,(H2,20,21,22). The maximum absolute atomic E-state index is 13.8. The first-order valence-electron chi connectivity index (χ1n) is 7.63. The van der Waals surface area contributed by atoms with Crippen LogP contribution < -0.4 is 10.6 Å². The number of nitrogens with one attached hydrogen (secondary N) is 2. The Kier molecular flexibility index (Phi) is 4.85. The van der Waals surface area contributed by atoms with Crippen LogP contribution in [0.25, 0.3) is 5.65 Å². The highest BCUT2D eigenvalue weighted by Crippen LogP contribution is 2.09. The summed E-state index contributed by atoms with van der Waals surface area (Å²) in [4.78, 5) is 4.10. The highest BCUT2D eigenvalue weighted by Gasteiger charge is 2.07. The number of benzene rings is 1. The fourth-order valence-electron chi connectivity index (χ4n) is 2.35. The number of hydrogen-bond acceptors (Lipinski definition) is 4. The third-order valence-electron chi connectivity index (χ3n) is 3.64. The predicted octanol–water partition coefficient (Wildman–Crippen LogP) is 1.61. The van der Waals surface area contributed by atoms with Crippen molar-refractivity contribution in [3.8, 4) is 6.07 Å². The number of aliphatic imine (C=N–C) groups is 1. The van der Waals surface area contributed by atoms with Gasteiger partial charge in [-0.3, -0.25) is 9.39 Å². The molecule has 0 bridgehead atoms. The van der Waals surface area contributed by atoms with Gasteiger partial charge in [-0.1, -0.05) is 6.07 Å². The van der Waals surface area contributed by atoms with Gasteiger partial charge in [-0.15, -0.1) is 10.2 Å². The highest BCUT2D eigenvalue weighted by atomic mass is 19.1.